The number of rotatable bonds is 3. The fourth-order valence-corrected chi connectivity index (χ4v) is 2.30. The fourth-order valence-electron chi connectivity index (χ4n) is 2.30. The number of likely N-dealkylation sites (N-methyl/N-ethyl adjacent to an activating group) is 1. The number of carbonyl (C=O) groups is 1. The smallest absolute Gasteiger partial charge is 0.325 e. The van der Waals surface area contributed by atoms with Crippen LogP contribution in [0.1, 0.15) is 19.3 Å². The van der Waals surface area contributed by atoms with Gasteiger partial charge in [0.15, 0.2) is 0 Å². The van der Waals surface area contributed by atoms with Gasteiger partial charge in [-0.15, -0.1) is 0 Å². The van der Waals surface area contributed by atoms with Crippen LogP contribution in [0, 0.1) is 0 Å². The zero-order valence-electron chi connectivity index (χ0n) is 8.86. The number of carboxylic acid groups (broad SMARTS) is 1. The van der Waals surface area contributed by atoms with E-state index in [1.165, 1.54) is 12.8 Å². The van der Waals surface area contributed by atoms with Gasteiger partial charge in [-0.25, -0.2) is 0 Å². The van der Waals surface area contributed by atoms with Crippen molar-refractivity contribution in [3.8, 4) is 0 Å². The highest BCUT2D eigenvalue weighted by atomic mass is 16.4. The van der Waals surface area contributed by atoms with Gasteiger partial charge >= 0.3 is 5.97 Å². The van der Waals surface area contributed by atoms with Gasteiger partial charge in [-0.2, -0.15) is 0 Å². The SMILES string of the molecule is CN(C)C1(C(=O)O)CCN(C2CC2)C1. The molecule has 2 rings (SSSR count). The van der Waals surface area contributed by atoms with E-state index in [2.05, 4.69) is 4.90 Å². The molecule has 1 saturated carbocycles. The Morgan fingerprint density at radius 2 is 2.14 bits per heavy atom. The van der Waals surface area contributed by atoms with Gasteiger partial charge in [0.1, 0.15) is 5.54 Å². The van der Waals surface area contributed by atoms with E-state index in [0.717, 1.165) is 13.0 Å². The minimum absolute atomic E-state index is 0.636. The van der Waals surface area contributed by atoms with E-state index in [0.29, 0.717) is 12.6 Å². The van der Waals surface area contributed by atoms with Gasteiger partial charge in [-0.05, 0) is 33.4 Å². The number of likely N-dealkylation sites (tertiary alicyclic amines) is 1. The summed E-state index contributed by atoms with van der Waals surface area (Å²) in [5.74, 6) is -0.675. The second-order valence-corrected chi connectivity index (χ2v) is 4.68. The fraction of sp³-hybridized carbons (Fsp3) is 0.900. The molecule has 1 unspecified atom stereocenters. The van der Waals surface area contributed by atoms with Crippen LogP contribution in [0.2, 0.25) is 0 Å². The van der Waals surface area contributed by atoms with Crippen LogP contribution < -0.4 is 0 Å². The van der Waals surface area contributed by atoms with Crippen LogP contribution >= 0.6 is 0 Å². The van der Waals surface area contributed by atoms with Crippen LogP contribution in [0.3, 0.4) is 0 Å². The molecule has 0 aromatic rings. The molecule has 0 amide bonds. The number of aliphatic carboxylic acids is 1. The monoisotopic (exact) mass is 198 g/mol. The van der Waals surface area contributed by atoms with E-state index >= 15 is 0 Å². The zero-order chi connectivity index (χ0) is 10.3. The summed E-state index contributed by atoms with van der Waals surface area (Å²) in [4.78, 5) is 15.5. The highest BCUT2D eigenvalue weighted by Gasteiger charge is 2.49. The van der Waals surface area contributed by atoms with Crippen molar-refractivity contribution in [1.29, 1.82) is 0 Å². The third-order valence-corrected chi connectivity index (χ3v) is 3.59. The van der Waals surface area contributed by atoms with E-state index in [4.69, 9.17) is 0 Å². The van der Waals surface area contributed by atoms with Crippen molar-refractivity contribution in [3.63, 3.8) is 0 Å². The van der Waals surface area contributed by atoms with Crippen molar-refractivity contribution in [3.05, 3.63) is 0 Å². The Morgan fingerprint density at radius 3 is 2.50 bits per heavy atom. The van der Waals surface area contributed by atoms with Crippen LogP contribution in [0.15, 0.2) is 0 Å². The Bertz CT molecular complexity index is 251. The predicted molar refractivity (Wildman–Crippen MR) is 53.3 cm³/mol. The van der Waals surface area contributed by atoms with Crippen LogP contribution in [0.5, 0.6) is 0 Å². The lowest BCUT2D eigenvalue weighted by Crippen LogP contribution is -2.53. The minimum atomic E-state index is -0.675. The summed E-state index contributed by atoms with van der Waals surface area (Å²) in [7, 11) is 3.73. The third-order valence-electron chi connectivity index (χ3n) is 3.59. The number of nitrogens with zero attached hydrogens (tertiary/aromatic N) is 2. The van der Waals surface area contributed by atoms with Gasteiger partial charge in [-0.1, -0.05) is 0 Å². The summed E-state index contributed by atoms with van der Waals surface area (Å²) < 4.78 is 0. The van der Waals surface area contributed by atoms with E-state index in [-0.39, 0.29) is 0 Å². The molecule has 0 radical (unpaired) electrons. The van der Waals surface area contributed by atoms with Crippen LogP contribution in [0.4, 0.5) is 0 Å². The molecule has 1 N–H and O–H groups in total. The van der Waals surface area contributed by atoms with Crippen molar-refractivity contribution in [2.24, 2.45) is 0 Å². The average molecular weight is 198 g/mol. The van der Waals surface area contributed by atoms with Crippen molar-refractivity contribution in [2.45, 2.75) is 30.8 Å². The largest absolute Gasteiger partial charge is 0.480 e. The molecule has 4 nitrogen and oxygen atoms in total. The maximum absolute atomic E-state index is 11.3. The van der Waals surface area contributed by atoms with Gasteiger partial charge in [0.25, 0.3) is 0 Å². The third kappa shape index (κ3) is 1.42. The molecule has 0 aromatic heterocycles. The van der Waals surface area contributed by atoms with Gasteiger partial charge in [0.2, 0.25) is 0 Å². The lowest BCUT2D eigenvalue weighted by atomic mass is 9.97. The van der Waals surface area contributed by atoms with Crippen LogP contribution in [-0.4, -0.2) is 59.6 Å². The Hall–Kier alpha value is -0.610. The Balaban J connectivity index is 2.10. The second kappa shape index (κ2) is 3.21. The molecule has 4 heteroatoms. The van der Waals surface area contributed by atoms with Crippen molar-refractivity contribution < 1.29 is 9.90 Å². The lowest BCUT2D eigenvalue weighted by molar-refractivity contribution is -0.149. The van der Waals surface area contributed by atoms with Gasteiger partial charge in [-0.3, -0.25) is 14.6 Å². The molecule has 1 heterocycles. The Morgan fingerprint density at radius 1 is 1.50 bits per heavy atom. The number of carboxylic acids is 1. The molecule has 1 saturated heterocycles. The lowest BCUT2D eigenvalue weighted by Gasteiger charge is -2.31. The van der Waals surface area contributed by atoms with E-state index in [1.807, 2.05) is 19.0 Å². The standard InChI is InChI=1S/C10H18N2O2/c1-11(2)10(9(13)14)5-6-12(7-10)8-3-4-8/h8H,3-7H2,1-2H3,(H,13,14). The Kier molecular flexibility index (Phi) is 2.27. The van der Waals surface area contributed by atoms with Crippen molar-refractivity contribution in [2.75, 3.05) is 27.2 Å². The highest BCUT2D eigenvalue weighted by molar-refractivity contribution is 5.79. The number of hydrogen-bond donors (Lipinski definition) is 1. The molecule has 0 bridgehead atoms. The molecular weight excluding hydrogens is 180 g/mol. The molecule has 1 aliphatic carbocycles. The molecule has 0 aromatic carbocycles. The summed E-state index contributed by atoms with van der Waals surface area (Å²) in [6.07, 6.45) is 3.26. The summed E-state index contributed by atoms with van der Waals surface area (Å²) in [5, 5.41) is 9.29. The summed E-state index contributed by atoms with van der Waals surface area (Å²) in [6.45, 7) is 1.63. The molecule has 1 aliphatic heterocycles. The normalized spacial score (nSPS) is 33.9. The molecule has 80 valence electrons. The van der Waals surface area contributed by atoms with Gasteiger partial charge in [0, 0.05) is 19.1 Å². The molecule has 2 fully saturated rings. The average Bonchev–Trinajstić information content (AvgIpc) is 2.84. The molecule has 2 aliphatic rings. The quantitative estimate of drug-likeness (QED) is 0.705. The van der Waals surface area contributed by atoms with Crippen LogP contribution in [-0.2, 0) is 4.79 Å². The maximum atomic E-state index is 11.3. The summed E-state index contributed by atoms with van der Waals surface area (Å²) in [6, 6.07) is 0.677. The van der Waals surface area contributed by atoms with Crippen molar-refractivity contribution >= 4 is 5.97 Å². The topological polar surface area (TPSA) is 43.8 Å². The first-order valence-electron chi connectivity index (χ1n) is 5.21. The van der Waals surface area contributed by atoms with Gasteiger partial charge in [0.05, 0.1) is 0 Å². The van der Waals surface area contributed by atoms with E-state index < -0.39 is 11.5 Å². The number of hydrogen-bond acceptors (Lipinski definition) is 3. The maximum Gasteiger partial charge on any atom is 0.325 e. The van der Waals surface area contributed by atoms with E-state index in [1.54, 1.807) is 0 Å². The minimum Gasteiger partial charge on any atom is -0.480 e. The first-order chi connectivity index (χ1) is 6.56. The highest BCUT2D eigenvalue weighted by Crippen LogP contribution is 2.35. The molecule has 1 atom stereocenters. The van der Waals surface area contributed by atoms with Gasteiger partial charge < -0.3 is 5.11 Å². The summed E-state index contributed by atoms with van der Waals surface area (Å²) in [5.41, 5.74) is -0.636. The molecule has 14 heavy (non-hydrogen) atoms. The zero-order valence-corrected chi connectivity index (χ0v) is 8.86. The second-order valence-electron chi connectivity index (χ2n) is 4.68. The predicted octanol–water partition coefficient (Wildman–Crippen LogP) is 0.239. The Labute approximate surface area is 84.5 Å². The van der Waals surface area contributed by atoms with Crippen LogP contribution in [0.25, 0.3) is 0 Å². The first kappa shape index (κ1) is 9.93. The molecule has 0 spiro atoms. The van der Waals surface area contributed by atoms with Crippen molar-refractivity contribution in [1.82, 2.24) is 9.80 Å². The summed E-state index contributed by atoms with van der Waals surface area (Å²) >= 11 is 0. The molecular formula is C10H18N2O2. The first-order valence-corrected chi connectivity index (χ1v) is 5.21. The van der Waals surface area contributed by atoms with E-state index in [9.17, 15) is 9.90 Å².